The summed E-state index contributed by atoms with van der Waals surface area (Å²) >= 11 is 0. The van der Waals surface area contributed by atoms with E-state index in [0.717, 1.165) is 43.9 Å². The first-order valence-corrected chi connectivity index (χ1v) is 9.40. The molecule has 3 rings (SSSR count). The minimum Gasteiger partial charge on any atom is -0.493 e. The molecule has 0 spiro atoms. The Balaban J connectivity index is 1.85. The number of piperidine rings is 1. The summed E-state index contributed by atoms with van der Waals surface area (Å²) in [7, 11) is 1.68. The summed E-state index contributed by atoms with van der Waals surface area (Å²) in [4.78, 5) is 2.55. The molecule has 1 aromatic rings. The predicted molar refractivity (Wildman–Crippen MR) is 100 cm³/mol. The Morgan fingerprint density at radius 2 is 2.16 bits per heavy atom. The Bertz CT molecular complexity index is 613. The van der Waals surface area contributed by atoms with Crippen LogP contribution in [0.25, 0.3) is 0 Å². The predicted octanol–water partition coefficient (Wildman–Crippen LogP) is 3.59. The normalized spacial score (nSPS) is 26.0. The Hall–Kier alpha value is -1.52. The zero-order chi connectivity index (χ0) is 18.0. The van der Waals surface area contributed by atoms with Crippen molar-refractivity contribution >= 4 is 0 Å². The molecule has 0 radical (unpaired) electrons. The molecule has 138 valence electrons. The van der Waals surface area contributed by atoms with E-state index < -0.39 is 0 Å². The van der Waals surface area contributed by atoms with Crippen LogP contribution in [0.2, 0.25) is 0 Å². The molecule has 0 aliphatic carbocycles. The fraction of sp³-hybridized carbons (Fsp3) is 0.619. The van der Waals surface area contributed by atoms with Crippen LogP contribution >= 0.6 is 0 Å². The van der Waals surface area contributed by atoms with Crippen molar-refractivity contribution in [3.05, 3.63) is 35.9 Å². The minimum absolute atomic E-state index is 0.225. The van der Waals surface area contributed by atoms with Crippen molar-refractivity contribution in [2.75, 3.05) is 26.8 Å². The van der Waals surface area contributed by atoms with Crippen LogP contribution in [0.15, 0.2) is 24.8 Å². The maximum absolute atomic E-state index is 10.7. The highest BCUT2D eigenvalue weighted by Gasteiger charge is 2.38. The Morgan fingerprint density at radius 1 is 1.36 bits per heavy atom. The summed E-state index contributed by atoms with van der Waals surface area (Å²) < 4.78 is 11.3. The summed E-state index contributed by atoms with van der Waals surface area (Å²) in [5.41, 5.74) is 2.60. The molecule has 0 amide bonds. The van der Waals surface area contributed by atoms with Gasteiger partial charge in [-0.3, -0.25) is 4.90 Å². The van der Waals surface area contributed by atoms with Gasteiger partial charge in [0.1, 0.15) is 6.61 Å². The highest BCUT2D eigenvalue weighted by molar-refractivity contribution is 5.49. The Morgan fingerprint density at radius 3 is 2.84 bits per heavy atom. The third-order valence-corrected chi connectivity index (χ3v) is 5.50. The lowest BCUT2D eigenvalue weighted by Crippen LogP contribution is -2.48. The number of hydrogen-bond acceptors (Lipinski definition) is 4. The number of nitrogens with zero attached hydrogens (tertiary/aromatic N) is 1. The number of aliphatic hydroxyl groups is 1. The van der Waals surface area contributed by atoms with Crippen LogP contribution in [0.4, 0.5) is 0 Å². The van der Waals surface area contributed by atoms with Crippen molar-refractivity contribution in [2.24, 2.45) is 11.8 Å². The number of aliphatic hydroxyl groups excluding tert-OH is 1. The first kappa shape index (κ1) is 18.3. The summed E-state index contributed by atoms with van der Waals surface area (Å²) in [5, 5.41) is 10.7. The first-order chi connectivity index (χ1) is 12.0. The summed E-state index contributed by atoms with van der Waals surface area (Å²) in [6.07, 6.45) is 4.44. The zero-order valence-electron chi connectivity index (χ0n) is 15.7. The largest absolute Gasteiger partial charge is 0.493 e. The molecule has 0 unspecified atom stereocenters. The fourth-order valence-corrected chi connectivity index (χ4v) is 4.36. The second-order valence-corrected chi connectivity index (χ2v) is 7.75. The summed E-state index contributed by atoms with van der Waals surface area (Å²) in [6, 6.07) is 4.51. The molecule has 25 heavy (non-hydrogen) atoms. The molecule has 4 nitrogen and oxygen atoms in total. The Kier molecular flexibility index (Phi) is 5.70. The number of hydrogen-bond donors (Lipinski definition) is 1. The number of rotatable bonds is 6. The highest BCUT2D eigenvalue weighted by Crippen LogP contribution is 2.43. The second-order valence-electron chi connectivity index (χ2n) is 7.75. The van der Waals surface area contributed by atoms with E-state index in [1.165, 1.54) is 11.1 Å². The number of methoxy groups -OCH3 is 1. The maximum atomic E-state index is 10.7. The van der Waals surface area contributed by atoms with E-state index in [0.29, 0.717) is 18.4 Å². The van der Waals surface area contributed by atoms with Crippen LogP contribution in [0.3, 0.4) is 0 Å². The van der Waals surface area contributed by atoms with Crippen LogP contribution in [0.5, 0.6) is 11.5 Å². The quantitative estimate of drug-likeness (QED) is 0.800. The van der Waals surface area contributed by atoms with Gasteiger partial charge in [0.05, 0.1) is 13.2 Å². The SMILES string of the molecule is C=CCOc1cc2c(cc1OC)[C@H]1C[C@@H](O)[C@H](CC(C)C)CN1CC2. The van der Waals surface area contributed by atoms with E-state index in [1.54, 1.807) is 13.2 Å². The molecule has 0 bridgehead atoms. The molecule has 2 aliphatic heterocycles. The van der Waals surface area contributed by atoms with Gasteiger partial charge < -0.3 is 14.6 Å². The molecule has 2 aliphatic rings. The fourth-order valence-electron chi connectivity index (χ4n) is 4.36. The van der Waals surface area contributed by atoms with Gasteiger partial charge in [-0.25, -0.2) is 0 Å². The number of benzene rings is 1. The van der Waals surface area contributed by atoms with E-state index in [9.17, 15) is 5.11 Å². The molecular formula is C21H31NO3. The van der Waals surface area contributed by atoms with Crippen LogP contribution in [-0.4, -0.2) is 42.9 Å². The van der Waals surface area contributed by atoms with Crippen molar-refractivity contribution in [1.29, 1.82) is 0 Å². The van der Waals surface area contributed by atoms with Gasteiger partial charge in [-0.1, -0.05) is 26.5 Å². The standard InChI is InChI=1S/C21H31NO3/c1-5-8-25-21-10-15-6-7-22-13-16(9-14(2)3)19(23)12-18(22)17(15)11-20(21)24-4/h5,10-11,14,16,18-19,23H,1,6-9,12-13H2,2-4H3/t16-,18-,19-/m1/s1. The third-order valence-electron chi connectivity index (χ3n) is 5.50. The smallest absolute Gasteiger partial charge is 0.161 e. The monoisotopic (exact) mass is 345 g/mol. The summed E-state index contributed by atoms with van der Waals surface area (Å²) in [5.74, 6) is 2.55. The number of ether oxygens (including phenoxy) is 2. The molecule has 1 N–H and O–H groups in total. The van der Waals surface area contributed by atoms with Gasteiger partial charge >= 0.3 is 0 Å². The molecule has 3 atom stereocenters. The van der Waals surface area contributed by atoms with Gasteiger partial charge in [-0.2, -0.15) is 0 Å². The van der Waals surface area contributed by atoms with Crippen LogP contribution in [-0.2, 0) is 6.42 Å². The molecule has 1 fully saturated rings. The van der Waals surface area contributed by atoms with Crippen LogP contribution < -0.4 is 9.47 Å². The van der Waals surface area contributed by atoms with Gasteiger partial charge in [0, 0.05) is 19.1 Å². The van der Waals surface area contributed by atoms with Gasteiger partial charge in [-0.15, -0.1) is 0 Å². The first-order valence-electron chi connectivity index (χ1n) is 9.40. The van der Waals surface area contributed by atoms with Gasteiger partial charge in [0.25, 0.3) is 0 Å². The maximum Gasteiger partial charge on any atom is 0.161 e. The van der Waals surface area contributed by atoms with Crippen molar-refractivity contribution in [3.8, 4) is 11.5 Å². The average Bonchev–Trinajstić information content (AvgIpc) is 2.59. The zero-order valence-corrected chi connectivity index (χ0v) is 15.7. The van der Waals surface area contributed by atoms with Crippen molar-refractivity contribution in [1.82, 2.24) is 4.90 Å². The lowest BCUT2D eigenvalue weighted by atomic mass is 9.79. The minimum atomic E-state index is -0.225. The van der Waals surface area contributed by atoms with Gasteiger partial charge in [0.15, 0.2) is 11.5 Å². The second kappa shape index (κ2) is 7.79. The van der Waals surface area contributed by atoms with Crippen molar-refractivity contribution in [3.63, 3.8) is 0 Å². The van der Waals surface area contributed by atoms with E-state index in [2.05, 4.69) is 37.5 Å². The third kappa shape index (κ3) is 3.85. The topological polar surface area (TPSA) is 41.9 Å². The van der Waals surface area contributed by atoms with E-state index in [4.69, 9.17) is 9.47 Å². The molecule has 1 saturated heterocycles. The van der Waals surface area contributed by atoms with Gasteiger partial charge in [-0.05, 0) is 54.4 Å². The van der Waals surface area contributed by atoms with E-state index >= 15 is 0 Å². The highest BCUT2D eigenvalue weighted by atomic mass is 16.5. The molecule has 4 heteroatoms. The Labute approximate surface area is 151 Å². The van der Waals surface area contributed by atoms with Crippen LogP contribution in [0.1, 0.15) is 43.9 Å². The number of fused-ring (bicyclic) bond motifs is 3. The van der Waals surface area contributed by atoms with E-state index in [1.807, 2.05) is 0 Å². The average molecular weight is 345 g/mol. The molecule has 0 saturated carbocycles. The molecular weight excluding hydrogens is 314 g/mol. The molecule has 2 heterocycles. The van der Waals surface area contributed by atoms with Crippen LogP contribution in [0, 0.1) is 11.8 Å². The van der Waals surface area contributed by atoms with Gasteiger partial charge in [0.2, 0.25) is 0 Å². The van der Waals surface area contributed by atoms with Crippen molar-refractivity contribution in [2.45, 2.75) is 45.3 Å². The van der Waals surface area contributed by atoms with Crippen molar-refractivity contribution < 1.29 is 14.6 Å². The summed E-state index contributed by atoms with van der Waals surface area (Å²) in [6.45, 7) is 10.7. The molecule has 0 aromatic heterocycles. The molecule has 1 aromatic carbocycles. The van der Waals surface area contributed by atoms with E-state index in [-0.39, 0.29) is 12.1 Å². The lowest BCUT2D eigenvalue weighted by molar-refractivity contribution is -0.0191. The lowest BCUT2D eigenvalue weighted by Gasteiger charge is -2.46.